The molecule has 1 atom stereocenters. The molecule has 1 unspecified atom stereocenters. The summed E-state index contributed by atoms with van der Waals surface area (Å²) in [4.78, 5) is 16.4. The Morgan fingerprint density at radius 3 is 2.43 bits per heavy atom. The third-order valence-corrected chi connectivity index (χ3v) is 4.17. The smallest absolute Gasteiger partial charge is 0.242 e. The summed E-state index contributed by atoms with van der Waals surface area (Å²) in [7, 11) is 1.62. The van der Waals surface area contributed by atoms with Crippen molar-refractivity contribution < 1.29 is 14.6 Å². The van der Waals surface area contributed by atoms with Crippen LogP contribution in [0.1, 0.15) is 38.7 Å². The number of guanidine groups is 1. The number of hydrogen-bond donors (Lipinski definition) is 4. The van der Waals surface area contributed by atoms with E-state index in [1.165, 1.54) is 0 Å². The fourth-order valence-electron chi connectivity index (χ4n) is 2.67. The monoisotopic (exact) mass is 506 g/mol. The van der Waals surface area contributed by atoms with Gasteiger partial charge in [-0.3, -0.25) is 4.79 Å². The molecule has 0 aliphatic carbocycles. The molecule has 0 spiro atoms. The average Bonchev–Trinajstić information content (AvgIpc) is 2.69. The molecular weight excluding hydrogens is 471 g/mol. The maximum absolute atomic E-state index is 12.1. The van der Waals surface area contributed by atoms with E-state index in [-0.39, 0.29) is 43.0 Å². The fraction of sp³-hybridized carbons (Fsp3) is 0.600. The van der Waals surface area contributed by atoms with Crippen molar-refractivity contribution in [3.05, 3.63) is 29.8 Å². The number of benzene rings is 1. The number of nitrogens with one attached hydrogen (secondary N) is 3. The van der Waals surface area contributed by atoms with Gasteiger partial charge in [-0.2, -0.15) is 0 Å². The molecule has 4 N–H and O–H groups in total. The summed E-state index contributed by atoms with van der Waals surface area (Å²) in [6.07, 6.45) is 2.89. The van der Waals surface area contributed by atoms with Gasteiger partial charge in [0, 0.05) is 26.2 Å². The Morgan fingerprint density at radius 1 is 1.14 bits per heavy atom. The van der Waals surface area contributed by atoms with E-state index >= 15 is 0 Å². The molecule has 7 nitrogen and oxygen atoms in total. The van der Waals surface area contributed by atoms with Gasteiger partial charge in [-0.15, -0.1) is 24.0 Å². The maximum atomic E-state index is 12.1. The van der Waals surface area contributed by atoms with E-state index in [0.717, 1.165) is 43.7 Å². The van der Waals surface area contributed by atoms with Crippen molar-refractivity contribution in [1.82, 2.24) is 16.0 Å². The highest BCUT2D eigenvalue weighted by Crippen LogP contribution is 2.11. The van der Waals surface area contributed by atoms with Gasteiger partial charge >= 0.3 is 0 Å². The van der Waals surface area contributed by atoms with Crippen LogP contribution >= 0.6 is 24.0 Å². The predicted octanol–water partition coefficient (Wildman–Crippen LogP) is 2.28. The molecule has 0 saturated heterocycles. The van der Waals surface area contributed by atoms with Crippen LogP contribution in [0.25, 0.3) is 0 Å². The highest BCUT2D eigenvalue weighted by Gasteiger charge is 2.09. The molecule has 0 aromatic heterocycles. The average molecular weight is 506 g/mol. The van der Waals surface area contributed by atoms with Crippen LogP contribution in [0.5, 0.6) is 5.75 Å². The number of aliphatic imine (C=N–C) groups is 1. The van der Waals surface area contributed by atoms with Gasteiger partial charge in [-0.05, 0) is 43.4 Å². The van der Waals surface area contributed by atoms with Crippen molar-refractivity contribution in [2.45, 2.75) is 39.7 Å². The third-order valence-electron chi connectivity index (χ3n) is 4.17. The molecule has 0 aliphatic rings. The predicted molar refractivity (Wildman–Crippen MR) is 124 cm³/mol. The van der Waals surface area contributed by atoms with E-state index in [4.69, 9.17) is 9.84 Å². The molecule has 1 aromatic carbocycles. The zero-order valence-electron chi connectivity index (χ0n) is 17.2. The first kappa shape index (κ1) is 26.4. The van der Waals surface area contributed by atoms with Crippen molar-refractivity contribution in [3.8, 4) is 5.75 Å². The van der Waals surface area contributed by atoms with Crippen LogP contribution in [-0.4, -0.2) is 50.3 Å². The summed E-state index contributed by atoms with van der Waals surface area (Å²) in [5, 5.41) is 18.4. The lowest BCUT2D eigenvalue weighted by atomic mass is 10.0. The molecule has 0 radical (unpaired) electrons. The molecule has 1 rings (SSSR count). The summed E-state index contributed by atoms with van der Waals surface area (Å²) in [6.45, 7) is 6.27. The minimum absolute atomic E-state index is 0. The van der Waals surface area contributed by atoms with E-state index < -0.39 is 0 Å². The number of aliphatic hydroxyl groups excluding tert-OH is 1. The quantitative estimate of drug-likeness (QED) is 0.198. The molecule has 0 heterocycles. The first-order valence-corrected chi connectivity index (χ1v) is 9.65. The van der Waals surface area contributed by atoms with E-state index in [1.54, 1.807) is 7.11 Å². The normalized spacial score (nSPS) is 11.9. The number of carbonyl (C=O) groups is 1. The number of aliphatic hydroxyl groups is 1. The number of carbonyl (C=O) groups excluding carboxylic acids is 1. The summed E-state index contributed by atoms with van der Waals surface area (Å²) in [5.74, 6) is 1.67. The van der Waals surface area contributed by atoms with E-state index in [9.17, 15) is 4.79 Å². The second-order valence-corrected chi connectivity index (χ2v) is 6.37. The molecule has 160 valence electrons. The summed E-state index contributed by atoms with van der Waals surface area (Å²) in [6, 6.07) is 7.57. The maximum Gasteiger partial charge on any atom is 0.242 e. The van der Waals surface area contributed by atoms with E-state index in [0.29, 0.717) is 18.4 Å². The minimum atomic E-state index is -0.136. The second-order valence-electron chi connectivity index (χ2n) is 6.37. The van der Waals surface area contributed by atoms with Gasteiger partial charge in [0.05, 0.1) is 7.11 Å². The number of nitrogens with zero attached hydrogens (tertiary/aromatic N) is 1. The van der Waals surface area contributed by atoms with Gasteiger partial charge in [0.25, 0.3) is 0 Å². The van der Waals surface area contributed by atoms with Crippen LogP contribution in [0, 0.1) is 5.92 Å². The van der Waals surface area contributed by atoms with Crippen molar-refractivity contribution in [3.63, 3.8) is 0 Å². The van der Waals surface area contributed by atoms with Gasteiger partial charge in [-0.1, -0.05) is 25.5 Å². The van der Waals surface area contributed by atoms with Crippen molar-refractivity contribution in [2.75, 3.05) is 33.4 Å². The van der Waals surface area contributed by atoms with Gasteiger partial charge in [0.2, 0.25) is 5.91 Å². The van der Waals surface area contributed by atoms with Crippen LogP contribution < -0.4 is 20.7 Å². The highest BCUT2D eigenvalue weighted by molar-refractivity contribution is 14.0. The highest BCUT2D eigenvalue weighted by atomic mass is 127. The van der Waals surface area contributed by atoms with Crippen molar-refractivity contribution >= 4 is 35.8 Å². The topological polar surface area (TPSA) is 95.0 Å². The summed E-state index contributed by atoms with van der Waals surface area (Å²) in [5.41, 5.74) is 1.00. The van der Waals surface area contributed by atoms with Gasteiger partial charge in [0.15, 0.2) is 5.96 Å². The first-order chi connectivity index (χ1) is 13.1. The minimum Gasteiger partial charge on any atom is -0.497 e. The Balaban J connectivity index is 0.00000729. The Hall–Kier alpha value is -1.55. The summed E-state index contributed by atoms with van der Waals surface area (Å²) < 4.78 is 5.12. The lowest BCUT2D eigenvalue weighted by Crippen LogP contribution is -2.40. The standard InChI is InChI=1S/C20H34N4O3.HI/c1-4-6-16(11-12-25)14-23-20(21-5-2)24-15-19(26)22-13-17-7-9-18(27-3)10-8-17;/h7-10,16,25H,4-6,11-15H2,1-3H3,(H,22,26)(H2,21,23,24);1H. The lowest BCUT2D eigenvalue weighted by Gasteiger charge is -2.18. The Morgan fingerprint density at radius 2 is 1.86 bits per heavy atom. The Bertz CT molecular complexity index is 561. The van der Waals surface area contributed by atoms with Crippen molar-refractivity contribution in [1.29, 1.82) is 0 Å². The third kappa shape index (κ3) is 11.3. The number of amides is 1. The summed E-state index contributed by atoms with van der Waals surface area (Å²) >= 11 is 0. The lowest BCUT2D eigenvalue weighted by molar-refractivity contribution is -0.119. The number of hydrogen-bond acceptors (Lipinski definition) is 4. The molecule has 8 heteroatoms. The molecule has 0 fully saturated rings. The molecule has 1 aromatic rings. The van der Waals surface area contributed by atoms with Gasteiger partial charge in [-0.25, -0.2) is 4.99 Å². The first-order valence-electron chi connectivity index (χ1n) is 9.65. The molecule has 0 saturated carbocycles. The largest absolute Gasteiger partial charge is 0.497 e. The SMILES string of the molecule is CCCC(CCO)CNC(=NCC(=O)NCc1ccc(OC)cc1)NCC.I. The van der Waals surface area contributed by atoms with Crippen molar-refractivity contribution in [2.24, 2.45) is 10.9 Å². The molecule has 1 amide bonds. The molecule has 0 aliphatic heterocycles. The fourth-order valence-corrected chi connectivity index (χ4v) is 2.67. The zero-order chi connectivity index (χ0) is 19.9. The van der Waals surface area contributed by atoms with Crippen LogP contribution in [0.4, 0.5) is 0 Å². The Labute approximate surface area is 185 Å². The van der Waals surface area contributed by atoms with Gasteiger partial charge in [0.1, 0.15) is 12.3 Å². The van der Waals surface area contributed by atoms with E-state index in [2.05, 4.69) is 27.9 Å². The van der Waals surface area contributed by atoms with Crippen LogP contribution in [0.15, 0.2) is 29.3 Å². The number of rotatable bonds is 12. The van der Waals surface area contributed by atoms with Crippen LogP contribution in [0.2, 0.25) is 0 Å². The molecule has 28 heavy (non-hydrogen) atoms. The Kier molecular flexibility index (Phi) is 15.5. The van der Waals surface area contributed by atoms with E-state index in [1.807, 2.05) is 31.2 Å². The van der Waals surface area contributed by atoms with Gasteiger partial charge < -0.3 is 25.8 Å². The molecular formula is C20H35IN4O3. The number of ether oxygens (including phenoxy) is 1. The number of halogens is 1. The van der Waals surface area contributed by atoms with Crippen LogP contribution in [0.3, 0.4) is 0 Å². The molecule has 0 bridgehead atoms. The number of methoxy groups -OCH3 is 1. The second kappa shape index (κ2) is 16.4. The zero-order valence-corrected chi connectivity index (χ0v) is 19.5. The van der Waals surface area contributed by atoms with Crippen LogP contribution in [-0.2, 0) is 11.3 Å².